The molecule has 0 aromatic carbocycles. The molecule has 19 heavy (non-hydrogen) atoms. The van der Waals surface area contributed by atoms with Crippen molar-refractivity contribution in [1.82, 2.24) is 14.8 Å². The van der Waals surface area contributed by atoms with E-state index in [4.69, 9.17) is 0 Å². The summed E-state index contributed by atoms with van der Waals surface area (Å²) in [5, 5.41) is 7.27. The van der Waals surface area contributed by atoms with Gasteiger partial charge in [-0.3, -0.25) is 9.78 Å². The minimum Gasteiger partial charge on any atom is -0.382 e. The van der Waals surface area contributed by atoms with Crippen molar-refractivity contribution in [3.63, 3.8) is 0 Å². The van der Waals surface area contributed by atoms with Crippen molar-refractivity contribution in [1.29, 1.82) is 0 Å². The minimum absolute atomic E-state index is 0.120. The normalized spacial score (nSPS) is 10.4. The first kappa shape index (κ1) is 13.7. The predicted molar refractivity (Wildman–Crippen MR) is 78.3 cm³/mol. The molecule has 0 atom stereocenters. The van der Waals surface area contributed by atoms with Crippen molar-refractivity contribution < 1.29 is 0 Å². The number of anilines is 1. The van der Waals surface area contributed by atoms with E-state index in [-0.39, 0.29) is 5.56 Å². The van der Waals surface area contributed by atoms with Gasteiger partial charge < -0.3 is 5.32 Å². The van der Waals surface area contributed by atoms with Gasteiger partial charge in [0.2, 0.25) is 0 Å². The molecule has 0 amide bonds. The zero-order valence-electron chi connectivity index (χ0n) is 10.6. The highest BCUT2D eigenvalue weighted by Gasteiger charge is 2.07. The Hall–Kier alpha value is -1.69. The van der Waals surface area contributed by atoms with E-state index in [0.29, 0.717) is 23.2 Å². The molecule has 0 saturated heterocycles. The van der Waals surface area contributed by atoms with Crippen LogP contribution in [0.2, 0.25) is 0 Å². The van der Waals surface area contributed by atoms with Crippen molar-refractivity contribution >= 4 is 21.6 Å². The summed E-state index contributed by atoms with van der Waals surface area (Å²) in [5.74, 6) is 0. The molecule has 2 heterocycles. The Kier molecular flexibility index (Phi) is 4.68. The number of nitrogens with one attached hydrogen (secondary N) is 1. The van der Waals surface area contributed by atoms with Crippen LogP contribution in [-0.2, 0) is 13.0 Å². The first-order valence-electron chi connectivity index (χ1n) is 6.11. The molecule has 100 valence electrons. The van der Waals surface area contributed by atoms with E-state index in [1.807, 2.05) is 25.1 Å². The molecule has 0 aliphatic heterocycles. The largest absolute Gasteiger partial charge is 0.382 e. The molecule has 2 rings (SSSR count). The second-order valence-corrected chi connectivity index (χ2v) is 4.78. The third kappa shape index (κ3) is 3.41. The van der Waals surface area contributed by atoms with Crippen LogP contribution < -0.4 is 10.9 Å². The Labute approximate surface area is 119 Å². The van der Waals surface area contributed by atoms with E-state index in [1.54, 1.807) is 12.4 Å². The van der Waals surface area contributed by atoms with Crippen molar-refractivity contribution in [3.8, 4) is 0 Å². The van der Waals surface area contributed by atoms with Gasteiger partial charge in [0.05, 0.1) is 11.9 Å². The number of halogens is 1. The molecule has 0 aliphatic carbocycles. The fourth-order valence-corrected chi connectivity index (χ4v) is 2.13. The maximum Gasteiger partial charge on any atom is 0.283 e. The third-order valence-electron chi connectivity index (χ3n) is 2.71. The van der Waals surface area contributed by atoms with Crippen molar-refractivity contribution in [3.05, 3.63) is 51.1 Å². The smallest absolute Gasteiger partial charge is 0.283 e. The lowest BCUT2D eigenvalue weighted by atomic mass is 10.2. The molecule has 0 bridgehead atoms. The third-order valence-corrected chi connectivity index (χ3v) is 3.47. The predicted octanol–water partition coefficient (Wildman–Crippen LogP) is 2.08. The van der Waals surface area contributed by atoms with Crippen LogP contribution in [-0.4, -0.2) is 21.3 Å². The lowest BCUT2D eigenvalue weighted by Gasteiger charge is -2.09. The van der Waals surface area contributed by atoms with Crippen molar-refractivity contribution in [2.75, 3.05) is 11.9 Å². The van der Waals surface area contributed by atoms with Gasteiger partial charge in [-0.25, -0.2) is 4.68 Å². The van der Waals surface area contributed by atoms with Gasteiger partial charge in [-0.1, -0.05) is 6.07 Å². The zero-order valence-corrected chi connectivity index (χ0v) is 12.2. The maximum atomic E-state index is 11.9. The second kappa shape index (κ2) is 6.47. The van der Waals surface area contributed by atoms with E-state index in [2.05, 4.69) is 31.3 Å². The average molecular weight is 323 g/mol. The number of nitrogens with zero attached hydrogens (tertiary/aromatic N) is 3. The molecule has 5 nitrogen and oxygen atoms in total. The Morgan fingerprint density at radius 3 is 2.95 bits per heavy atom. The van der Waals surface area contributed by atoms with Crippen LogP contribution in [0.5, 0.6) is 0 Å². The van der Waals surface area contributed by atoms with Crippen LogP contribution in [0.1, 0.15) is 12.6 Å². The monoisotopic (exact) mass is 322 g/mol. The minimum atomic E-state index is -0.120. The van der Waals surface area contributed by atoms with Gasteiger partial charge in [-0.15, -0.1) is 0 Å². The van der Waals surface area contributed by atoms with Crippen molar-refractivity contribution in [2.45, 2.75) is 19.9 Å². The lowest BCUT2D eigenvalue weighted by molar-refractivity contribution is 0.613. The van der Waals surface area contributed by atoms with Crippen LogP contribution in [0.15, 0.2) is 39.9 Å². The number of aryl methyl sites for hydroxylation is 1. The Bertz CT molecular complexity index is 597. The van der Waals surface area contributed by atoms with Gasteiger partial charge in [0.25, 0.3) is 5.56 Å². The second-order valence-electron chi connectivity index (χ2n) is 3.99. The van der Waals surface area contributed by atoms with Crippen LogP contribution in [0.25, 0.3) is 0 Å². The highest BCUT2D eigenvalue weighted by atomic mass is 79.9. The number of hydrogen-bond donors (Lipinski definition) is 1. The first-order chi connectivity index (χ1) is 9.22. The summed E-state index contributed by atoms with van der Waals surface area (Å²) in [6.07, 6.45) is 4.23. The highest BCUT2D eigenvalue weighted by Crippen LogP contribution is 2.15. The zero-order chi connectivity index (χ0) is 13.7. The van der Waals surface area contributed by atoms with Crippen molar-refractivity contribution in [2.24, 2.45) is 0 Å². The van der Waals surface area contributed by atoms with Gasteiger partial charge in [0.15, 0.2) is 0 Å². The fourth-order valence-electron chi connectivity index (χ4n) is 1.68. The molecule has 0 unspecified atom stereocenters. The number of rotatable bonds is 5. The Morgan fingerprint density at radius 2 is 2.26 bits per heavy atom. The summed E-state index contributed by atoms with van der Waals surface area (Å²) in [6.45, 7) is 3.15. The molecule has 0 spiro atoms. The van der Waals surface area contributed by atoms with Crippen LogP contribution in [0.3, 0.4) is 0 Å². The molecule has 6 heteroatoms. The van der Waals surface area contributed by atoms with Gasteiger partial charge in [0.1, 0.15) is 4.47 Å². The molecule has 2 aromatic rings. The standard InChI is InChI=1S/C13H15BrN4O/c1-2-18-13(19)12(14)11(9-17-18)16-8-6-10-5-3-4-7-15-10/h3-5,7,9,16H,2,6,8H2,1H3. The summed E-state index contributed by atoms with van der Waals surface area (Å²) in [7, 11) is 0. The molecular formula is C13H15BrN4O. The summed E-state index contributed by atoms with van der Waals surface area (Å²) in [5.41, 5.74) is 1.61. The first-order valence-corrected chi connectivity index (χ1v) is 6.91. The van der Waals surface area contributed by atoms with E-state index >= 15 is 0 Å². The number of pyridine rings is 1. The molecule has 0 aliphatic rings. The quantitative estimate of drug-likeness (QED) is 0.915. The topological polar surface area (TPSA) is 59.8 Å². The molecule has 0 fully saturated rings. The molecular weight excluding hydrogens is 308 g/mol. The fraction of sp³-hybridized carbons (Fsp3) is 0.308. The van der Waals surface area contributed by atoms with Gasteiger partial charge in [-0.2, -0.15) is 5.10 Å². The SMILES string of the molecule is CCn1ncc(NCCc2ccccn2)c(Br)c1=O. The molecule has 2 aromatic heterocycles. The van der Waals surface area contributed by atoms with Gasteiger partial charge in [-0.05, 0) is 35.0 Å². The van der Waals surface area contributed by atoms with E-state index in [9.17, 15) is 4.79 Å². The molecule has 1 N–H and O–H groups in total. The van der Waals surface area contributed by atoms with Gasteiger partial charge >= 0.3 is 0 Å². The van der Waals surface area contributed by atoms with E-state index < -0.39 is 0 Å². The Morgan fingerprint density at radius 1 is 1.42 bits per heavy atom. The average Bonchev–Trinajstić information content (AvgIpc) is 2.45. The lowest BCUT2D eigenvalue weighted by Crippen LogP contribution is -2.24. The molecule has 0 radical (unpaired) electrons. The molecule has 0 saturated carbocycles. The van der Waals surface area contributed by atoms with Crippen LogP contribution >= 0.6 is 15.9 Å². The van der Waals surface area contributed by atoms with E-state index in [0.717, 1.165) is 12.1 Å². The van der Waals surface area contributed by atoms with Gasteiger partial charge in [0, 0.05) is 31.4 Å². The Balaban J connectivity index is 2.01. The summed E-state index contributed by atoms with van der Waals surface area (Å²) in [6, 6.07) is 5.83. The summed E-state index contributed by atoms with van der Waals surface area (Å²) < 4.78 is 1.93. The number of hydrogen-bond acceptors (Lipinski definition) is 4. The van der Waals surface area contributed by atoms with Crippen LogP contribution in [0.4, 0.5) is 5.69 Å². The summed E-state index contributed by atoms with van der Waals surface area (Å²) >= 11 is 3.31. The van der Waals surface area contributed by atoms with E-state index in [1.165, 1.54) is 4.68 Å². The van der Waals surface area contributed by atoms with Crippen LogP contribution in [0, 0.1) is 0 Å². The number of aromatic nitrogens is 3. The summed E-state index contributed by atoms with van der Waals surface area (Å²) in [4.78, 5) is 16.1. The maximum absolute atomic E-state index is 11.9. The highest BCUT2D eigenvalue weighted by molar-refractivity contribution is 9.10.